The highest BCUT2D eigenvalue weighted by Crippen LogP contribution is 2.44. The van der Waals surface area contributed by atoms with Crippen LogP contribution >= 0.6 is 23.8 Å². The SMILES string of the molecule is Cc1cc(C)cc(N2C(=S)NC(c3ccccn3)C2c2cc(C)n(-c3ccc(Cl)cc3)c2C)c1. The number of benzene rings is 2. The summed E-state index contributed by atoms with van der Waals surface area (Å²) in [5, 5.41) is 5.02. The van der Waals surface area contributed by atoms with Crippen molar-refractivity contribution in [3.05, 3.63) is 112 Å². The minimum Gasteiger partial charge on any atom is -0.351 e. The molecule has 0 spiro atoms. The van der Waals surface area contributed by atoms with Crippen LogP contribution in [0.4, 0.5) is 5.69 Å². The Morgan fingerprint density at radius 2 is 1.59 bits per heavy atom. The Morgan fingerprint density at radius 1 is 0.882 bits per heavy atom. The lowest BCUT2D eigenvalue weighted by Crippen LogP contribution is -2.29. The lowest BCUT2D eigenvalue weighted by Gasteiger charge is -2.29. The number of hydrogen-bond acceptors (Lipinski definition) is 2. The third-order valence-corrected chi connectivity index (χ3v) is 7.02. The van der Waals surface area contributed by atoms with Gasteiger partial charge in [-0.2, -0.15) is 0 Å². The summed E-state index contributed by atoms with van der Waals surface area (Å²) < 4.78 is 2.28. The molecular weight excluding hydrogens is 460 g/mol. The maximum absolute atomic E-state index is 6.16. The molecule has 2 aromatic heterocycles. The molecule has 2 atom stereocenters. The second-order valence-corrected chi connectivity index (χ2v) is 9.80. The molecule has 0 radical (unpaired) electrons. The third kappa shape index (κ3) is 3.99. The molecule has 3 heterocycles. The van der Waals surface area contributed by atoms with Gasteiger partial charge in [-0.05, 0) is 111 Å². The molecule has 1 aliphatic heterocycles. The van der Waals surface area contributed by atoms with Gasteiger partial charge in [0.1, 0.15) is 0 Å². The summed E-state index contributed by atoms with van der Waals surface area (Å²) in [6.45, 7) is 8.57. The van der Waals surface area contributed by atoms with E-state index in [0.29, 0.717) is 5.11 Å². The van der Waals surface area contributed by atoms with Crippen LogP contribution in [0.25, 0.3) is 5.69 Å². The number of aromatic nitrogens is 2. The van der Waals surface area contributed by atoms with Gasteiger partial charge in [0.05, 0.1) is 17.8 Å². The van der Waals surface area contributed by atoms with Gasteiger partial charge in [0.25, 0.3) is 0 Å². The van der Waals surface area contributed by atoms with Crippen LogP contribution in [0.3, 0.4) is 0 Å². The fourth-order valence-corrected chi connectivity index (χ4v) is 5.59. The third-order valence-electron chi connectivity index (χ3n) is 6.46. The molecule has 0 bridgehead atoms. The van der Waals surface area contributed by atoms with Gasteiger partial charge in [-0.3, -0.25) is 4.98 Å². The number of rotatable bonds is 4. The summed E-state index contributed by atoms with van der Waals surface area (Å²) in [5.74, 6) is 0. The predicted octanol–water partition coefficient (Wildman–Crippen LogP) is 6.94. The van der Waals surface area contributed by atoms with E-state index in [-0.39, 0.29) is 12.1 Å². The second kappa shape index (κ2) is 8.90. The second-order valence-electron chi connectivity index (χ2n) is 8.98. The highest BCUT2D eigenvalue weighted by Gasteiger charge is 2.42. The minimum absolute atomic E-state index is 0.0455. The largest absolute Gasteiger partial charge is 0.351 e. The van der Waals surface area contributed by atoms with Gasteiger partial charge in [0.2, 0.25) is 0 Å². The Morgan fingerprint density at radius 3 is 2.24 bits per heavy atom. The molecular formula is C28H27ClN4S. The Hall–Kier alpha value is -3.15. The molecule has 34 heavy (non-hydrogen) atoms. The molecule has 0 aliphatic carbocycles. The van der Waals surface area contributed by atoms with E-state index in [4.69, 9.17) is 28.8 Å². The normalized spacial score (nSPS) is 17.8. The average molecular weight is 487 g/mol. The number of nitrogens with zero attached hydrogens (tertiary/aromatic N) is 3. The molecule has 1 saturated heterocycles. The first-order valence-electron chi connectivity index (χ1n) is 11.4. The standard InChI is InChI=1S/C28H27ClN4S/c1-17-13-18(2)15-23(14-17)33-27(26(31-28(33)34)25-7-5-6-12-30-25)24-16-19(3)32(20(24)4)22-10-8-21(29)9-11-22/h5-16,26-27H,1-4H3,(H,31,34). The van der Waals surface area contributed by atoms with E-state index in [0.717, 1.165) is 27.8 Å². The van der Waals surface area contributed by atoms with E-state index >= 15 is 0 Å². The summed E-state index contributed by atoms with van der Waals surface area (Å²) in [6.07, 6.45) is 1.84. The number of thiocarbonyl (C=S) groups is 1. The Labute approximate surface area is 211 Å². The quantitative estimate of drug-likeness (QED) is 0.317. The van der Waals surface area contributed by atoms with Crippen molar-refractivity contribution >= 4 is 34.6 Å². The van der Waals surface area contributed by atoms with Gasteiger partial charge in [0.15, 0.2) is 5.11 Å². The van der Waals surface area contributed by atoms with Crippen molar-refractivity contribution in [2.45, 2.75) is 39.8 Å². The van der Waals surface area contributed by atoms with Crippen molar-refractivity contribution < 1.29 is 0 Å². The minimum atomic E-state index is -0.0753. The lowest BCUT2D eigenvalue weighted by atomic mass is 9.96. The molecule has 172 valence electrons. The molecule has 2 unspecified atom stereocenters. The summed E-state index contributed by atoms with van der Waals surface area (Å²) in [4.78, 5) is 6.94. The van der Waals surface area contributed by atoms with Crippen LogP contribution in [0.2, 0.25) is 5.02 Å². The Bertz CT molecular complexity index is 1340. The smallest absolute Gasteiger partial charge is 0.174 e. The van der Waals surface area contributed by atoms with Crippen LogP contribution in [0.15, 0.2) is 72.9 Å². The number of anilines is 1. The van der Waals surface area contributed by atoms with E-state index in [1.54, 1.807) is 0 Å². The van der Waals surface area contributed by atoms with Crippen LogP contribution in [0.5, 0.6) is 0 Å². The van der Waals surface area contributed by atoms with Crippen LogP contribution < -0.4 is 10.2 Å². The van der Waals surface area contributed by atoms with Crippen molar-refractivity contribution in [1.82, 2.24) is 14.9 Å². The monoisotopic (exact) mass is 486 g/mol. The van der Waals surface area contributed by atoms with Gasteiger partial charge in [-0.25, -0.2) is 0 Å². The maximum atomic E-state index is 6.16. The fourth-order valence-electron chi connectivity index (χ4n) is 5.11. The van der Waals surface area contributed by atoms with E-state index in [2.05, 4.69) is 84.9 Å². The van der Waals surface area contributed by atoms with Crippen molar-refractivity contribution in [3.63, 3.8) is 0 Å². The van der Waals surface area contributed by atoms with Gasteiger partial charge < -0.3 is 14.8 Å². The van der Waals surface area contributed by atoms with Gasteiger partial charge in [0, 0.05) is 34.0 Å². The highest BCUT2D eigenvalue weighted by atomic mass is 35.5. The van der Waals surface area contributed by atoms with Crippen molar-refractivity contribution in [3.8, 4) is 5.69 Å². The number of hydrogen-bond donors (Lipinski definition) is 1. The van der Waals surface area contributed by atoms with Crippen molar-refractivity contribution in [1.29, 1.82) is 0 Å². The molecule has 5 rings (SSSR count). The molecule has 0 saturated carbocycles. The van der Waals surface area contributed by atoms with Gasteiger partial charge >= 0.3 is 0 Å². The maximum Gasteiger partial charge on any atom is 0.174 e. The zero-order chi connectivity index (χ0) is 24.0. The molecule has 1 N–H and O–H groups in total. The molecule has 2 aromatic carbocycles. The number of aryl methyl sites for hydroxylation is 3. The Balaban J connectivity index is 1.69. The molecule has 1 fully saturated rings. The first-order chi connectivity index (χ1) is 16.3. The number of halogens is 1. The van der Waals surface area contributed by atoms with Crippen molar-refractivity contribution in [2.24, 2.45) is 0 Å². The number of nitrogens with one attached hydrogen (secondary N) is 1. The van der Waals surface area contributed by atoms with Gasteiger partial charge in [-0.15, -0.1) is 0 Å². The van der Waals surface area contributed by atoms with E-state index in [9.17, 15) is 0 Å². The van der Waals surface area contributed by atoms with Crippen LogP contribution in [-0.4, -0.2) is 14.7 Å². The number of pyridine rings is 1. The average Bonchev–Trinajstić information content (AvgIpc) is 3.30. The summed E-state index contributed by atoms with van der Waals surface area (Å²) in [5.41, 5.74) is 9.13. The molecule has 4 nitrogen and oxygen atoms in total. The van der Waals surface area contributed by atoms with Gasteiger partial charge in [-0.1, -0.05) is 23.7 Å². The Kier molecular flexibility index (Phi) is 5.92. The van der Waals surface area contributed by atoms with Crippen LogP contribution in [0, 0.1) is 27.7 Å². The topological polar surface area (TPSA) is 33.1 Å². The fraction of sp³-hybridized carbons (Fsp3) is 0.214. The molecule has 1 aliphatic rings. The summed E-state index contributed by atoms with van der Waals surface area (Å²) in [7, 11) is 0. The molecule has 4 aromatic rings. The highest BCUT2D eigenvalue weighted by molar-refractivity contribution is 7.80. The lowest BCUT2D eigenvalue weighted by molar-refractivity contribution is 0.565. The van der Waals surface area contributed by atoms with Crippen molar-refractivity contribution in [2.75, 3.05) is 4.90 Å². The first kappa shape index (κ1) is 22.6. The zero-order valence-electron chi connectivity index (χ0n) is 19.7. The molecule has 0 amide bonds. The summed E-state index contributed by atoms with van der Waals surface area (Å²) in [6, 6.07) is 22.8. The summed E-state index contributed by atoms with van der Waals surface area (Å²) >= 11 is 12.1. The van der Waals surface area contributed by atoms with E-state index in [1.165, 1.54) is 22.4 Å². The van der Waals surface area contributed by atoms with Crippen LogP contribution in [0.1, 0.15) is 45.9 Å². The van der Waals surface area contributed by atoms with E-state index < -0.39 is 0 Å². The van der Waals surface area contributed by atoms with Crippen LogP contribution in [-0.2, 0) is 0 Å². The predicted molar refractivity (Wildman–Crippen MR) is 144 cm³/mol. The first-order valence-corrected chi connectivity index (χ1v) is 12.2. The van der Waals surface area contributed by atoms with E-state index in [1.807, 2.05) is 30.5 Å². The zero-order valence-corrected chi connectivity index (χ0v) is 21.3. The molecule has 6 heteroatoms.